The van der Waals surface area contributed by atoms with Crippen LogP contribution in [0, 0.1) is 0 Å². The number of H-pyrrole nitrogens is 1. The number of hydrogen-bond donors (Lipinski definition) is 3. The molecule has 0 radical (unpaired) electrons. The van der Waals surface area contributed by atoms with Crippen molar-refractivity contribution in [3.63, 3.8) is 0 Å². The van der Waals surface area contributed by atoms with Gasteiger partial charge in [0.05, 0.1) is 16.6 Å². The lowest BCUT2D eigenvalue weighted by Crippen LogP contribution is -2.32. The van der Waals surface area contributed by atoms with Crippen LogP contribution >= 0.6 is 0 Å². The van der Waals surface area contributed by atoms with Crippen LogP contribution in [0.25, 0.3) is 11.0 Å². The minimum Gasteiger partial charge on any atom is -0.478 e. The van der Waals surface area contributed by atoms with E-state index >= 15 is 0 Å². The first-order chi connectivity index (χ1) is 9.54. The number of carboxylic acids is 1. The Bertz CT molecular complexity index is 759. The lowest BCUT2D eigenvalue weighted by atomic mass is 10.2. The van der Waals surface area contributed by atoms with Gasteiger partial charge in [0.15, 0.2) is 0 Å². The number of hydrogen-bond acceptors (Lipinski definition) is 3. The summed E-state index contributed by atoms with van der Waals surface area (Å²) in [5.74, 6) is -1.04. The maximum Gasteiger partial charge on any atom is 0.335 e. The molecular weight excluding hydrogens is 262 g/mol. The first-order valence-electron chi connectivity index (χ1n) is 6.30. The molecule has 3 N–H and O–H groups in total. The van der Waals surface area contributed by atoms with Crippen LogP contribution in [0.4, 0.5) is 0 Å². The van der Waals surface area contributed by atoms with Gasteiger partial charge in [0, 0.05) is 19.0 Å². The summed E-state index contributed by atoms with van der Waals surface area (Å²) in [5, 5.41) is 11.7. The minimum atomic E-state index is -1.04. The highest BCUT2D eigenvalue weighted by molar-refractivity contribution is 5.92. The van der Waals surface area contributed by atoms with E-state index in [2.05, 4.69) is 10.3 Å². The van der Waals surface area contributed by atoms with Gasteiger partial charge in [-0.15, -0.1) is 0 Å². The molecule has 1 aliphatic rings. The minimum absolute atomic E-state index is 0.00365. The topological polar surface area (TPSA) is 104 Å². The molecular formula is C13H13N3O4. The number of nitrogens with one attached hydrogen (secondary N) is 2. The maximum absolute atomic E-state index is 11.9. The SMILES string of the molecule is O=C1CCC(Cn2c(=O)[nH]c3cc(C(=O)O)ccc32)N1. The predicted molar refractivity (Wildman–Crippen MR) is 70.7 cm³/mol. The van der Waals surface area contributed by atoms with E-state index in [-0.39, 0.29) is 23.2 Å². The van der Waals surface area contributed by atoms with Crippen molar-refractivity contribution >= 4 is 22.9 Å². The van der Waals surface area contributed by atoms with Gasteiger partial charge in [0.1, 0.15) is 0 Å². The summed E-state index contributed by atoms with van der Waals surface area (Å²) in [6, 6.07) is 4.44. The molecule has 1 atom stereocenters. The summed E-state index contributed by atoms with van der Waals surface area (Å²) in [5.41, 5.74) is 0.948. The molecule has 1 unspecified atom stereocenters. The number of aromatic nitrogens is 2. The Morgan fingerprint density at radius 1 is 1.40 bits per heavy atom. The van der Waals surface area contributed by atoms with E-state index in [9.17, 15) is 14.4 Å². The van der Waals surface area contributed by atoms with Gasteiger partial charge in [-0.2, -0.15) is 0 Å². The van der Waals surface area contributed by atoms with Crippen LogP contribution in [0.2, 0.25) is 0 Å². The van der Waals surface area contributed by atoms with Crippen molar-refractivity contribution in [3.05, 3.63) is 34.2 Å². The van der Waals surface area contributed by atoms with Gasteiger partial charge < -0.3 is 15.4 Å². The summed E-state index contributed by atoms with van der Waals surface area (Å²) in [4.78, 5) is 36.7. The van der Waals surface area contributed by atoms with E-state index < -0.39 is 5.97 Å². The van der Waals surface area contributed by atoms with Gasteiger partial charge in [0.2, 0.25) is 5.91 Å². The number of carboxylic acid groups (broad SMARTS) is 1. The second-order valence-electron chi connectivity index (χ2n) is 4.88. The van der Waals surface area contributed by atoms with E-state index in [0.717, 1.165) is 0 Å². The summed E-state index contributed by atoms with van der Waals surface area (Å²) in [6.07, 6.45) is 1.18. The number of carbonyl (C=O) groups excluding carboxylic acids is 1. The molecule has 2 heterocycles. The third kappa shape index (κ3) is 2.07. The quantitative estimate of drug-likeness (QED) is 0.749. The number of fused-ring (bicyclic) bond motifs is 1. The van der Waals surface area contributed by atoms with Crippen molar-refractivity contribution in [2.75, 3.05) is 0 Å². The Labute approximate surface area is 113 Å². The van der Waals surface area contributed by atoms with Crippen LogP contribution in [0.3, 0.4) is 0 Å². The Morgan fingerprint density at radius 3 is 2.85 bits per heavy atom. The average Bonchev–Trinajstić information content (AvgIpc) is 2.94. The molecule has 104 valence electrons. The Morgan fingerprint density at radius 2 is 2.20 bits per heavy atom. The molecule has 1 aromatic carbocycles. The number of aromatic carboxylic acids is 1. The summed E-state index contributed by atoms with van der Waals surface area (Å²) in [7, 11) is 0. The van der Waals surface area contributed by atoms with Gasteiger partial charge in [-0.1, -0.05) is 0 Å². The molecule has 0 saturated carbocycles. The number of rotatable bonds is 3. The van der Waals surface area contributed by atoms with Gasteiger partial charge in [-0.05, 0) is 24.6 Å². The molecule has 1 saturated heterocycles. The molecule has 1 aliphatic heterocycles. The van der Waals surface area contributed by atoms with Crippen LogP contribution in [0.15, 0.2) is 23.0 Å². The normalized spacial score (nSPS) is 18.4. The van der Waals surface area contributed by atoms with Crippen molar-refractivity contribution in [2.24, 2.45) is 0 Å². The lowest BCUT2D eigenvalue weighted by Gasteiger charge is -2.10. The fourth-order valence-corrected chi connectivity index (χ4v) is 2.51. The lowest BCUT2D eigenvalue weighted by molar-refractivity contribution is -0.119. The predicted octanol–water partition coefficient (Wildman–Crippen LogP) is 0.306. The number of imidazole rings is 1. The Kier molecular flexibility index (Phi) is 2.81. The van der Waals surface area contributed by atoms with E-state index in [1.165, 1.54) is 16.7 Å². The van der Waals surface area contributed by atoms with Crippen molar-refractivity contribution in [3.8, 4) is 0 Å². The molecule has 1 aromatic heterocycles. The van der Waals surface area contributed by atoms with Crippen molar-refractivity contribution in [1.82, 2.24) is 14.9 Å². The summed E-state index contributed by atoms with van der Waals surface area (Å²) in [6.45, 7) is 0.386. The zero-order chi connectivity index (χ0) is 14.3. The molecule has 7 nitrogen and oxygen atoms in total. The number of benzene rings is 1. The monoisotopic (exact) mass is 275 g/mol. The third-order valence-corrected chi connectivity index (χ3v) is 3.51. The van der Waals surface area contributed by atoms with E-state index in [0.29, 0.717) is 30.4 Å². The third-order valence-electron chi connectivity index (χ3n) is 3.51. The van der Waals surface area contributed by atoms with Gasteiger partial charge in [-0.3, -0.25) is 9.36 Å². The molecule has 3 rings (SSSR count). The smallest absolute Gasteiger partial charge is 0.335 e. The van der Waals surface area contributed by atoms with Crippen LogP contribution in [0.1, 0.15) is 23.2 Å². The average molecular weight is 275 g/mol. The Balaban J connectivity index is 1.98. The molecule has 0 bridgehead atoms. The highest BCUT2D eigenvalue weighted by Gasteiger charge is 2.22. The highest BCUT2D eigenvalue weighted by atomic mass is 16.4. The number of carbonyl (C=O) groups is 2. The number of amides is 1. The molecule has 1 amide bonds. The second kappa shape index (κ2) is 4.52. The zero-order valence-electron chi connectivity index (χ0n) is 10.5. The fourth-order valence-electron chi connectivity index (χ4n) is 2.51. The van der Waals surface area contributed by atoms with E-state index in [1.807, 2.05) is 0 Å². The van der Waals surface area contributed by atoms with Crippen LogP contribution < -0.4 is 11.0 Å². The van der Waals surface area contributed by atoms with Gasteiger partial charge in [-0.25, -0.2) is 9.59 Å². The standard InChI is InChI=1S/C13H13N3O4/c17-11-4-2-8(14-11)6-16-10-3-1-7(12(18)19)5-9(10)15-13(16)20/h1,3,5,8H,2,4,6H2,(H,14,17)(H,15,20)(H,18,19). The molecule has 7 heteroatoms. The van der Waals surface area contributed by atoms with Crippen LogP contribution in [-0.2, 0) is 11.3 Å². The largest absolute Gasteiger partial charge is 0.478 e. The maximum atomic E-state index is 11.9. The zero-order valence-corrected chi connectivity index (χ0v) is 10.5. The van der Waals surface area contributed by atoms with E-state index in [4.69, 9.17) is 5.11 Å². The molecule has 0 aliphatic carbocycles. The molecule has 1 fully saturated rings. The first kappa shape index (κ1) is 12.5. The summed E-state index contributed by atoms with van der Waals surface area (Å²) >= 11 is 0. The Hall–Kier alpha value is -2.57. The summed E-state index contributed by atoms with van der Waals surface area (Å²) < 4.78 is 1.53. The van der Waals surface area contributed by atoms with Crippen LogP contribution in [-0.4, -0.2) is 32.6 Å². The van der Waals surface area contributed by atoms with Crippen molar-refractivity contribution in [1.29, 1.82) is 0 Å². The van der Waals surface area contributed by atoms with Gasteiger partial charge >= 0.3 is 11.7 Å². The molecule has 20 heavy (non-hydrogen) atoms. The second-order valence-corrected chi connectivity index (χ2v) is 4.88. The number of nitrogens with zero attached hydrogens (tertiary/aromatic N) is 1. The van der Waals surface area contributed by atoms with Crippen molar-refractivity contribution < 1.29 is 14.7 Å². The van der Waals surface area contributed by atoms with Crippen LogP contribution in [0.5, 0.6) is 0 Å². The fraction of sp³-hybridized carbons (Fsp3) is 0.308. The number of aromatic amines is 1. The van der Waals surface area contributed by atoms with E-state index in [1.54, 1.807) is 6.07 Å². The first-order valence-corrected chi connectivity index (χ1v) is 6.30. The highest BCUT2D eigenvalue weighted by Crippen LogP contribution is 2.15. The molecule has 2 aromatic rings. The van der Waals surface area contributed by atoms with Crippen molar-refractivity contribution in [2.45, 2.75) is 25.4 Å². The van der Waals surface area contributed by atoms with Gasteiger partial charge in [0.25, 0.3) is 0 Å². The molecule has 0 spiro atoms.